The third-order valence-electron chi connectivity index (χ3n) is 11.5. The van der Waals surface area contributed by atoms with Crippen LogP contribution in [-0.4, -0.2) is 31.2 Å². The molecule has 5 rings (SSSR count). The van der Waals surface area contributed by atoms with Gasteiger partial charge in [-0.25, -0.2) is 0 Å². The van der Waals surface area contributed by atoms with E-state index in [-0.39, 0.29) is 28.0 Å². The SMILES string of the molecule is C=CC.CC.CC1(C)C(OS(=O)(=O)C(F)(F)F)=CCC2(C)C1CCC1(C)C2CCI2[C@H]3CCCC3(N)CC[C@]21C. The fourth-order valence-electron chi connectivity index (χ4n) is 9.45. The number of allylic oxidation sites excluding steroid dienone is 3. The van der Waals surface area contributed by atoms with Crippen molar-refractivity contribution >= 4 is 29.9 Å². The molecular weight excluding hydrogens is 650 g/mol. The van der Waals surface area contributed by atoms with Crippen molar-refractivity contribution in [2.45, 2.75) is 132 Å². The van der Waals surface area contributed by atoms with Crippen molar-refractivity contribution in [3.8, 4) is 0 Å². The first kappa shape index (κ1) is 34.2. The molecule has 0 bridgehead atoms. The van der Waals surface area contributed by atoms with E-state index >= 15 is 0 Å². The van der Waals surface area contributed by atoms with Crippen molar-refractivity contribution in [3.63, 3.8) is 0 Å². The predicted molar refractivity (Wildman–Crippen MR) is 168 cm³/mol. The zero-order valence-electron chi connectivity index (χ0n) is 25.9. The summed E-state index contributed by atoms with van der Waals surface area (Å²) in [7, 11) is -5.68. The van der Waals surface area contributed by atoms with Gasteiger partial charge in [-0.1, -0.05) is 19.9 Å². The number of halogens is 4. The first-order valence-corrected chi connectivity index (χ1v) is 20.3. The van der Waals surface area contributed by atoms with Crippen LogP contribution in [0.25, 0.3) is 0 Å². The van der Waals surface area contributed by atoms with E-state index in [1.165, 1.54) is 36.5 Å². The molecule has 40 heavy (non-hydrogen) atoms. The zero-order chi connectivity index (χ0) is 30.6. The van der Waals surface area contributed by atoms with E-state index in [4.69, 9.17) is 9.92 Å². The number of hydrogen-bond donors (Lipinski definition) is 1. The molecule has 2 saturated carbocycles. The summed E-state index contributed by atoms with van der Waals surface area (Å²) in [4.78, 5) is 0. The van der Waals surface area contributed by atoms with Crippen LogP contribution < -0.4 is 5.73 Å². The Kier molecular flexibility index (Phi) is 9.69. The Labute approximate surface area is 249 Å². The summed E-state index contributed by atoms with van der Waals surface area (Å²) in [6.07, 6.45) is 13.2. The van der Waals surface area contributed by atoms with Crippen molar-refractivity contribution in [1.29, 1.82) is 0 Å². The molecule has 2 N–H and O–H groups in total. The van der Waals surface area contributed by atoms with Crippen LogP contribution in [0.5, 0.6) is 0 Å². The van der Waals surface area contributed by atoms with E-state index in [1.54, 1.807) is 12.2 Å². The topological polar surface area (TPSA) is 69.4 Å². The van der Waals surface area contributed by atoms with Crippen LogP contribution in [0.15, 0.2) is 24.5 Å². The Morgan fingerprint density at radius 3 is 2.20 bits per heavy atom. The minimum absolute atomic E-state index is 0.0343. The summed E-state index contributed by atoms with van der Waals surface area (Å²) < 4.78 is 70.2. The fraction of sp³-hybridized carbons (Fsp3) is 0.871. The average molecular weight is 704 g/mol. The van der Waals surface area contributed by atoms with Crippen LogP contribution >= 0.6 is 19.8 Å². The number of fused-ring (bicyclic) bond motifs is 7. The molecule has 5 unspecified atom stereocenters. The quantitative estimate of drug-likeness (QED) is 0.102. The van der Waals surface area contributed by atoms with Gasteiger partial charge in [0.05, 0.1) is 0 Å². The molecule has 9 heteroatoms. The molecule has 2 heterocycles. The van der Waals surface area contributed by atoms with Gasteiger partial charge in [-0.2, -0.15) is 0 Å². The Bertz CT molecular complexity index is 1090. The van der Waals surface area contributed by atoms with Gasteiger partial charge in [0.15, 0.2) is 0 Å². The van der Waals surface area contributed by atoms with Gasteiger partial charge in [-0.3, -0.25) is 0 Å². The summed E-state index contributed by atoms with van der Waals surface area (Å²) in [6.45, 7) is 20.4. The van der Waals surface area contributed by atoms with E-state index in [0.29, 0.717) is 15.8 Å². The Morgan fingerprint density at radius 1 is 1.02 bits per heavy atom. The van der Waals surface area contributed by atoms with E-state index in [0.717, 1.165) is 23.2 Å². The Morgan fingerprint density at radius 2 is 1.62 bits per heavy atom. The van der Waals surface area contributed by atoms with E-state index < -0.39 is 40.9 Å². The van der Waals surface area contributed by atoms with Crippen molar-refractivity contribution in [3.05, 3.63) is 24.5 Å². The summed E-state index contributed by atoms with van der Waals surface area (Å²) in [5.41, 5.74) is 0.963. The first-order valence-electron chi connectivity index (χ1n) is 15.1. The summed E-state index contributed by atoms with van der Waals surface area (Å²) in [6, 6.07) is 0. The molecule has 0 spiro atoms. The third kappa shape index (κ3) is 5.11. The van der Waals surface area contributed by atoms with Gasteiger partial charge >= 0.3 is 217 Å². The molecule has 0 aromatic heterocycles. The Hall–Kier alpha value is -0.290. The molecule has 4 nitrogen and oxygen atoms in total. The van der Waals surface area contributed by atoms with Crippen LogP contribution in [0.1, 0.15) is 113 Å². The van der Waals surface area contributed by atoms with Gasteiger partial charge in [0.2, 0.25) is 0 Å². The van der Waals surface area contributed by atoms with Crippen molar-refractivity contribution in [2.24, 2.45) is 33.8 Å². The summed E-state index contributed by atoms with van der Waals surface area (Å²) in [5.74, 6) is 0.507. The van der Waals surface area contributed by atoms with Crippen LogP contribution in [-0.2, 0) is 14.3 Å². The molecule has 7 atom stereocenters. The molecule has 2 saturated heterocycles. The van der Waals surface area contributed by atoms with Crippen LogP contribution in [0, 0.1) is 28.1 Å². The first-order chi connectivity index (χ1) is 18.3. The van der Waals surface area contributed by atoms with E-state index in [1.807, 2.05) is 34.6 Å². The van der Waals surface area contributed by atoms with Gasteiger partial charge in [0, 0.05) is 0 Å². The van der Waals surface area contributed by atoms with Crippen molar-refractivity contribution in [2.75, 3.05) is 4.43 Å². The van der Waals surface area contributed by atoms with Gasteiger partial charge in [0.25, 0.3) is 0 Å². The molecule has 4 fully saturated rings. The number of nitrogens with two attached hydrogens (primary N) is 1. The maximum absolute atomic E-state index is 13.1. The van der Waals surface area contributed by atoms with Gasteiger partial charge in [-0.15, -0.1) is 6.58 Å². The van der Waals surface area contributed by atoms with Crippen molar-refractivity contribution < 1.29 is 25.8 Å². The second kappa shape index (κ2) is 11.3. The van der Waals surface area contributed by atoms with Gasteiger partial charge in [0.1, 0.15) is 0 Å². The van der Waals surface area contributed by atoms with Gasteiger partial charge < -0.3 is 0 Å². The summed E-state index contributed by atoms with van der Waals surface area (Å²) >= 11 is -1.36. The van der Waals surface area contributed by atoms with Gasteiger partial charge in [-0.05, 0) is 6.92 Å². The molecule has 0 aromatic carbocycles. The number of hydrogen-bond acceptors (Lipinski definition) is 4. The van der Waals surface area contributed by atoms with Crippen LogP contribution in [0.4, 0.5) is 13.2 Å². The maximum atomic E-state index is 13.1. The zero-order valence-corrected chi connectivity index (χ0v) is 28.9. The predicted octanol–water partition coefficient (Wildman–Crippen LogP) is 9.14. The molecule has 0 amide bonds. The van der Waals surface area contributed by atoms with E-state index in [2.05, 4.69) is 27.4 Å². The second-order valence-electron chi connectivity index (χ2n) is 13.6. The standard InChI is InChI=1S/C26H41F3INO3S.C3H6.C2H6/c1-21(2)17-8-13-23(4)18(22(17,3)12-9-20(21)34-35(32,33)26(27,28)29)10-16-30-19-7-6-11-25(19,31)15-14-24(23,30)5;1-3-2;1-2/h9,17-19H,6-8,10-16,31H2,1-5H3;3H,1H2,2H3;1-2H3/t17?,18?,19-,22?,23?,24-,25?;;/m0../s1. The average Bonchev–Trinajstić information content (AvgIpc) is 3.24. The third-order valence-corrected chi connectivity index (χ3v) is 22.7. The molecule has 0 aromatic rings. The molecule has 234 valence electrons. The monoisotopic (exact) mass is 703 g/mol. The Balaban J connectivity index is 0.000000827. The molecular formula is C31H53F3INO3S. The van der Waals surface area contributed by atoms with E-state index in [9.17, 15) is 21.6 Å². The molecule has 0 radical (unpaired) electrons. The van der Waals surface area contributed by atoms with Crippen LogP contribution in [0.3, 0.4) is 0 Å². The minimum atomic E-state index is -5.68. The summed E-state index contributed by atoms with van der Waals surface area (Å²) in [5, 5.41) is 0. The molecule has 2 aliphatic heterocycles. The van der Waals surface area contributed by atoms with Crippen LogP contribution in [0.2, 0.25) is 0 Å². The molecule has 3 aliphatic carbocycles. The number of rotatable bonds is 2. The fourth-order valence-corrected chi connectivity index (χ4v) is 21.5. The molecule has 5 aliphatic rings. The van der Waals surface area contributed by atoms with Crippen molar-refractivity contribution in [1.82, 2.24) is 0 Å². The normalized spacial score (nSPS) is 42.6. The number of alkyl halides is 6. The second-order valence-corrected chi connectivity index (χ2v) is 22.4.